The molecule has 34 heavy (non-hydrogen) atoms. The molecule has 1 aliphatic rings. The van der Waals surface area contributed by atoms with Crippen LogP contribution in [0.3, 0.4) is 0 Å². The van der Waals surface area contributed by atoms with Gasteiger partial charge in [0, 0.05) is 28.1 Å². The third-order valence-electron chi connectivity index (χ3n) is 4.88. The molecule has 2 aromatic heterocycles. The Morgan fingerprint density at radius 2 is 1.94 bits per heavy atom. The van der Waals surface area contributed by atoms with Crippen LogP contribution in [0, 0.1) is 9.49 Å². The minimum atomic E-state index is -4.57. The molecule has 1 aliphatic heterocycles. The number of alkyl halides is 5. The Morgan fingerprint density at radius 1 is 1.29 bits per heavy atom. The van der Waals surface area contributed by atoms with Crippen LogP contribution in [0.2, 0.25) is 0 Å². The number of pyridine rings is 1. The van der Waals surface area contributed by atoms with E-state index in [1.165, 1.54) is 19.2 Å². The number of carbonyl (C=O) groups excluding carboxylic acids is 2. The number of hydrogen-bond donors (Lipinski definition) is 1. The number of ether oxygens (including phenoxy) is 1. The van der Waals surface area contributed by atoms with Crippen molar-refractivity contribution in [1.82, 2.24) is 19.6 Å². The highest BCUT2D eigenvalue weighted by Crippen LogP contribution is 2.38. The molecule has 7 nitrogen and oxygen atoms in total. The van der Waals surface area contributed by atoms with Gasteiger partial charge in [0.25, 0.3) is 11.8 Å². The number of rotatable bonds is 3. The lowest BCUT2D eigenvalue weighted by Gasteiger charge is -2.42. The van der Waals surface area contributed by atoms with Gasteiger partial charge in [-0.1, -0.05) is 6.92 Å². The fraction of sp³-hybridized carbons (Fsp3) is 0.550. The second kappa shape index (κ2) is 9.32. The van der Waals surface area contributed by atoms with Crippen LogP contribution < -0.4 is 5.32 Å². The van der Waals surface area contributed by atoms with Crippen molar-refractivity contribution in [1.29, 1.82) is 0 Å². The van der Waals surface area contributed by atoms with Crippen LogP contribution >= 0.6 is 34.4 Å². The van der Waals surface area contributed by atoms with Gasteiger partial charge >= 0.3 is 11.6 Å². The number of halogens is 6. The van der Waals surface area contributed by atoms with E-state index in [2.05, 4.69) is 10.3 Å². The Morgan fingerprint density at radius 3 is 2.50 bits per heavy atom. The van der Waals surface area contributed by atoms with E-state index in [0.29, 0.717) is 3.57 Å². The van der Waals surface area contributed by atoms with Crippen molar-refractivity contribution in [2.75, 3.05) is 13.1 Å². The van der Waals surface area contributed by atoms with Gasteiger partial charge in [-0.25, -0.2) is 18.6 Å². The average molecular weight is 620 g/mol. The molecule has 2 aromatic rings. The van der Waals surface area contributed by atoms with E-state index in [4.69, 9.17) is 4.74 Å². The summed E-state index contributed by atoms with van der Waals surface area (Å²) in [6.45, 7) is 5.30. The molecule has 0 radical (unpaired) electrons. The van der Waals surface area contributed by atoms with E-state index in [-0.39, 0.29) is 22.8 Å². The van der Waals surface area contributed by atoms with Crippen molar-refractivity contribution >= 4 is 52.0 Å². The third-order valence-corrected chi connectivity index (χ3v) is 6.21. The molecule has 1 N–H and O–H groups in total. The third kappa shape index (κ3) is 6.23. The summed E-state index contributed by atoms with van der Waals surface area (Å²) >= 11 is 1.42. The summed E-state index contributed by atoms with van der Waals surface area (Å²) in [5, 5.41) is 2.04. The van der Waals surface area contributed by atoms with E-state index in [0.717, 1.165) is 15.5 Å². The molecule has 3 rings (SSSR count). The van der Waals surface area contributed by atoms with Gasteiger partial charge in [0.1, 0.15) is 10.6 Å². The molecule has 0 aromatic carbocycles. The molecular formula is C20H22F5IN4O3S. The molecule has 0 aliphatic carbocycles. The van der Waals surface area contributed by atoms with Crippen LogP contribution in [0.5, 0.6) is 0 Å². The first-order chi connectivity index (χ1) is 15.5. The van der Waals surface area contributed by atoms with Gasteiger partial charge in [0.2, 0.25) is 0 Å². The van der Waals surface area contributed by atoms with Crippen molar-refractivity contribution in [3.63, 3.8) is 0 Å². The van der Waals surface area contributed by atoms with E-state index < -0.39 is 59.3 Å². The molecule has 1 saturated heterocycles. The molecule has 0 spiro atoms. The van der Waals surface area contributed by atoms with Gasteiger partial charge in [0.05, 0.1) is 24.3 Å². The molecule has 2 atom stereocenters. The Kier molecular flexibility index (Phi) is 7.33. The number of piperidine rings is 1. The van der Waals surface area contributed by atoms with Crippen LogP contribution in [0.15, 0.2) is 23.5 Å². The van der Waals surface area contributed by atoms with Gasteiger partial charge < -0.3 is 15.0 Å². The summed E-state index contributed by atoms with van der Waals surface area (Å²) in [5.41, 5.74) is -5.66. The number of nitrogens with zero attached hydrogens (tertiary/aromatic N) is 3. The zero-order chi connectivity index (χ0) is 25.6. The predicted octanol–water partition coefficient (Wildman–Crippen LogP) is 5.17. The number of amides is 2. The molecule has 1 fully saturated rings. The summed E-state index contributed by atoms with van der Waals surface area (Å²) in [6, 6.07) is -0.255. The normalized spacial score (nSPS) is 20.9. The maximum absolute atomic E-state index is 15.0. The Bertz CT molecular complexity index is 1100. The zero-order valence-corrected chi connectivity index (χ0v) is 21.5. The lowest BCUT2D eigenvalue weighted by atomic mass is 9.90. The predicted molar refractivity (Wildman–Crippen MR) is 123 cm³/mol. The van der Waals surface area contributed by atoms with Crippen molar-refractivity contribution in [3.8, 4) is 0 Å². The van der Waals surface area contributed by atoms with Gasteiger partial charge in [-0.15, -0.1) is 0 Å². The van der Waals surface area contributed by atoms with Crippen molar-refractivity contribution in [3.05, 3.63) is 27.6 Å². The summed E-state index contributed by atoms with van der Waals surface area (Å²) < 4.78 is 75.2. The summed E-state index contributed by atoms with van der Waals surface area (Å²) in [6.07, 6.45) is 1.46. The number of nitrogens with one attached hydrogen (secondary N) is 1. The lowest BCUT2D eigenvalue weighted by molar-refractivity contribution is -0.106. The van der Waals surface area contributed by atoms with E-state index >= 15 is 8.78 Å². The molecule has 14 heteroatoms. The number of aromatic nitrogens is 2. The maximum Gasteiger partial charge on any atom is 0.447 e. The van der Waals surface area contributed by atoms with Crippen LogP contribution in [-0.2, 0) is 4.74 Å². The van der Waals surface area contributed by atoms with Crippen LogP contribution in [0.25, 0.3) is 5.65 Å². The topological polar surface area (TPSA) is 75.9 Å². The Hall–Kier alpha value is -1.84. The molecule has 188 valence electrons. The summed E-state index contributed by atoms with van der Waals surface area (Å²) in [4.78, 5) is 30.1. The molecular weight excluding hydrogens is 598 g/mol. The first-order valence-corrected chi connectivity index (χ1v) is 12.0. The van der Waals surface area contributed by atoms with Gasteiger partial charge in [-0.05, 0) is 55.3 Å². The summed E-state index contributed by atoms with van der Waals surface area (Å²) in [7, 11) is 0. The fourth-order valence-corrected chi connectivity index (χ4v) is 4.78. The van der Waals surface area contributed by atoms with Crippen molar-refractivity contribution < 1.29 is 36.3 Å². The smallest absolute Gasteiger partial charge is 0.444 e. The highest BCUT2D eigenvalue weighted by molar-refractivity contribution is 14.1. The zero-order valence-electron chi connectivity index (χ0n) is 18.5. The lowest BCUT2D eigenvalue weighted by Crippen LogP contribution is -2.63. The molecule has 2 unspecified atom stereocenters. The fourth-order valence-electron chi connectivity index (χ4n) is 3.61. The minimum absolute atomic E-state index is 0.0765. The first kappa shape index (κ1) is 26.8. The maximum atomic E-state index is 15.0. The second-order valence-corrected chi connectivity index (χ2v) is 11.3. The number of carbonyl (C=O) groups is 2. The SMILES string of the molecule is CC1CN(C(=O)OC(C)(C)C)CC(F)(F)C1NC(=O)c1cc(I)cn2c(SC(F)(F)F)cnc12. The van der Waals surface area contributed by atoms with Gasteiger partial charge in [-0.2, -0.15) is 13.2 Å². The highest BCUT2D eigenvalue weighted by Gasteiger charge is 2.51. The second-order valence-electron chi connectivity index (χ2n) is 8.96. The number of imidazole rings is 1. The number of likely N-dealkylation sites (tertiary alicyclic amines) is 1. The minimum Gasteiger partial charge on any atom is -0.444 e. The number of fused-ring (bicyclic) bond motifs is 1. The quantitative estimate of drug-likeness (QED) is 0.291. The van der Waals surface area contributed by atoms with Gasteiger partial charge in [-0.3, -0.25) is 9.20 Å². The largest absolute Gasteiger partial charge is 0.447 e. The first-order valence-electron chi connectivity index (χ1n) is 10.1. The Labute approximate surface area is 209 Å². The van der Waals surface area contributed by atoms with Crippen LogP contribution in [0.4, 0.5) is 26.7 Å². The van der Waals surface area contributed by atoms with E-state index in [1.54, 1.807) is 20.8 Å². The van der Waals surface area contributed by atoms with Gasteiger partial charge in [0.15, 0.2) is 5.65 Å². The van der Waals surface area contributed by atoms with Crippen LogP contribution in [0.1, 0.15) is 38.1 Å². The number of hydrogen-bond acceptors (Lipinski definition) is 5. The molecule has 2 amide bonds. The Balaban J connectivity index is 1.83. The molecule has 0 saturated carbocycles. The van der Waals surface area contributed by atoms with E-state index in [9.17, 15) is 22.8 Å². The standard InChI is InChI=1S/C20H22F5IN4O3S/c1-10-7-29(17(32)33-18(2,3)4)9-19(21,22)14(10)28-16(31)12-5-11(26)8-30-13(6-27-15(12)30)34-20(23,24)25/h5-6,8,10,14H,7,9H2,1-4H3,(H,28,31). The average Bonchev–Trinajstić information content (AvgIpc) is 3.02. The van der Waals surface area contributed by atoms with Crippen molar-refractivity contribution in [2.24, 2.45) is 5.92 Å². The number of thioether (sulfide) groups is 1. The monoisotopic (exact) mass is 620 g/mol. The summed E-state index contributed by atoms with van der Waals surface area (Å²) in [5.74, 6) is -5.22. The van der Waals surface area contributed by atoms with Crippen LogP contribution in [-0.4, -0.2) is 62.4 Å². The molecule has 0 bridgehead atoms. The highest BCUT2D eigenvalue weighted by atomic mass is 127. The molecule has 3 heterocycles. The van der Waals surface area contributed by atoms with E-state index in [1.807, 2.05) is 22.6 Å². The van der Waals surface area contributed by atoms with Crippen molar-refractivity contribution in [2.45, 2.75) is 55.8 Å².